The predicted molar refractivity (Wildman–Crippen MR) is 79.5 cm³/mol. The van der Waals surface area contributed by atoms with Gasteiger partial charge in [0.05, 0.1) is 15.5 Å². The van der Waals surface area contributed by atoms with Gasteiger partial charge in [-0.1, -0.05) is 18.2 Å². The van der Waals surface area contributed by atoms with E-state index in [1.165, 1.54) is 4.80 Å². The van der Waals surface area contributed by atoms with E-state index in [-0.39, 0.29) is 0 Å². The van der Waals surface area contributed by atoms with Gasteiger partial charge >= 0.3 is 0 Å². The Bertz CT molecular complexity index is 709. The van der Waals surface area contributed by atoms with E-state index in [9.17, 15) is 0 Å². The Labute approximate surface area is 122 Å². The molecule has 0 saturated heterocycles. The smallest absolute Gasteiger partial charge is 0.183 e. The van der Waals surface area contributed by atoms with Crippen LogP contribution in [0.1, 0.15) is 0 Å². The van der Waals surface area contributed by atoms with Crippen LogP contribution >= 0.6 is 22.6 Å². The molecule has 7 heteroatoms. The van der Waals surface area contributed by atoms with E-state index in [1.54, 1.807) is 12.4 Å². The highest BCUT2D eigenvalue weighted by molar-refractivity contribution is 14.1. The zero-order valence-electron chi connectivity index (χ0n) is 9.73. The number of halogens is 1. The summed E-state index contributed by atoms with van der Waals surface area (Å²) in [5.41, 5.74) is 7.23. The van der Waals surface area contributed by atoms with E-state index in [1.807, 2.05) is 30.3 Å². The molecule has 2 heterocycles. The SMILES string of the molecule is Nc1nc(-c2cnn(-c3ccccc3)n2)ncc1I. The lowest BCUT2D eigenvalue weighted by atomic mass is 10.3. The summed E-state index contributed by atoms with van der Waals surface area (Å²) >= 11 is 2.08. The molecule has 0 spiro atoms. The second-order valence-electron chi connectivity index (χ2n) is 3.78. The first-order chi connectivity index (χ1) is 9.24. The lowest BCUT2D eigenvalue weighted by molar-refractivity contribution is 0.752. The molecule has 6 nitrogen and oxygen atoms in total. The van der Waals surface area contributed by atoms with E-state index < -0.39 is 0 Å². The van der Waals surface area contributed by atoms with Crippen molar-refractivity contribution < 1.29 is 0 Å². The molecular weight excluding hydrogens is 355 g/mol. The number of benzene rings is 1. The third-order valence-corrected chi connectivity index (χ3v) is 3.31. The van der Waals surface area contributed by atoms with Gasteiger partial charge in [-0.25, -0.2) is 9.97 Å². The lowest BCUT2D eigenvalue weighted by Crippen LogP contribution is -2.00. The van der Waals surface area contributed by atoms with Crippen molar-refractivity contribution in [3.05, 3.63) is 46.3 Å². The van der Waals surface area contributed by atoms with Crippen LogP contribution in [0.15, 0.2) is 42.7 Å². The first-order valence-electron chi connectivity index (χ1n) is 5.50. The molecule has 0 radical (unpaired) electrons. The fraction of sp³-hybridized carbons (Fsp3) is 0. The standard InChI is InChI=1S/C12H9IN6/c13-9-6-15-12(17-11(9)14)10-7-16-19(18-10)8-4-2-1-3-5-8/h1-7H,(H2,14,15,17). The molecule has 0 atom stereocenters. The van der Waals surface area contributed by atoms with Crippen LogP contribution in [0.5, 0.6) is 0 Å². The minimum atomic E-state index is 0.444. The summed E-state index contributed by atoms with van der Waals surface area (Å²) in [5.74, 6) is 0.917. The van der Waals surface area contributed by atoms with Crippen molar-refractivity contribution in [3.8, 4) is 17.2 Å². The van der Waals surface area contributed by atoms with Crippen molar-refractivity contribution in [3.63, 3.8) is 0 Å². The van der Waals surface area contributed by atoms with Gasteiger partial charge in [-0.3, -0.25) is 0 Å². The Morgan fingerprint density at radius 1 is 1.11 bits per heavy atom. The van der Waals surface area contributed by atoms with Crippen LogP contribution in [0.4, 0.5) is 5.82 Å². The molecule has 19 heavy (non-hydrogen) atoms. The molecule has 0 aliphatic rings. The van der Waals surface area contributed by atoms with Gasteiger partial charge in [0.25, 0.3) is 0 Å². The summed E-state index contributed by atoms with van der Waals surface area (Å²) in [6.45, 7) is 0. The van der Waals surface area contributed by atoms with Crippen LogP contribution in [0, 0.1) is 3.57 Å². The summed E-state index contributed by atoms with van der Waals surface area (Å²) < 4.78 is 0.816. The van der Waals surface area contributed by atoms with E-state index in [0.717, 1.165) is 9.26 Å². The van der Waals surface area contributed by atoms with Crippen LogP contribution in [0.2, 0.25) is 0 Å². The van der Waals surface area contributed by atoms with Crippen molar-refractivity contribution in [2.24, 2.45) is 0 Å². The topological polar surface area (TPSA) is 82.5 Å². The Morgan fingerprint density at radius 3 is 2.63 bits per heavy atom. The number of para-hydroxylation sites is 1. The van der Waals surface area contributed by atoms with Gasteiger partial charge in [0.15, 0.2) is 11.5 Å². The molecule has 0 unspecified atom stereocenters. The van der Waals surface area contributed by atoms with Gasteiger partial charge in [0.1, 0.15) is 5.82 Å². The third-order valence-electron chi connectivity index (χ3n) is 2.48. The van der Waals surface area contributed by atoms with Crippen LogP contribution in [-0.4, -0.2) is 25.0 Å². The van der Waals surface area contributed by atoms with Gasteiger partial charge in [-0.05, 0) is 34.7 Å². The normalized spacial score (nSPS) is 10.6. The lowest BCUT2D eigenvalue weighted by Gasteiger charge is -1.99. The van der Waals surface area contributed by atoms with Crippen molar-refractivity contribution in [2.75, 3.05) is 5.73 Å². The molecule has 0 amide bonds. The minimum absolute atomic E-state index is 0.444. The van der Waals surface area contributed by atoms with Crippen molar-refractivity contribution in [1.29, 1.82) is 0 Å². The average Bonchev–Trinajstić information content (AvgIpc) is 2.93. The second-order valence-corrected chi connectivity index (χ2v) is 4.94. The number of nitrogens with two attached hydrogens (primary N) is 1. The summed E-state index contributed by atoms with van der Waals surface area (Å²) in [6.07, 6.45) is 3.29. The van der Waals surface area contributed by atoms with Crippen LogP contribution in [-0.2, 0) is 0 Å². The zero-order valence-corrected chi connectivity index (χ0v) is 11.9. The quantitative estimate of drug-likeness (QED) is 0.703. The van der Waals surface area contributed by atoms with E-state index >= 15 is 0 Å². The molecular formula is C12H9IN6. The number of anilines is 1. The first kappa shape index (κ1) is 12.0. The molecule has 0 fully saturated rings. The third kappa shape index (κ3) is 2.41. The van der Waals surface area contributed by atoms with Crippen molar-refractivity contribution >= 4 is 28.4 Å². The average molecular weight is 364 g/mol. The van der Waals surface area contributed by atoms with Crippen LogP contribution in [0.25, 0.3) is 17.2 Å². The number of nitrogen functional groups attached to an aromatic ring is 1. The maximum Gasteiger partial charge on any atom is 0.183 e. The molecule has 0 bridgehead atoms. The molecule has 0 aliphatic heterocycles. The van der Waals surface area contributed by atoms with E-state index in [2.05, 4.69) is 42.8 Å². The Hall–Kier alpha value is -2.03. The highest BCUT2D eigenvalue weighted by Gasteiger charge is 2.09. The summed E-state index contributed by atoms with van der Waals surface area (Å²) in [4.78, 5) is 9.93. The van der Waals surface area contributed by atoms with Crippen molar-refractivity contribution in [2.45, 2.75) is 0 Å². The molecule has 1 aromatic carbocycles. The molecule has 2 N–H and O–H groups in total. The Balaban J connectivity index is 1.99. The zero-order chi connectivity index (χ0) is 13.2. The first-order valence-corrected chi connectivity index (χ1v) is 6.58. The Morgan fingerprint density at radius 2 is 1.89 bits per heavy atom. The molecule has 3 rings (SSSR count). The van der Waals surface area contributed by atoms with Gasteiger partial charge in [-0.2, -0.15) is 9.90 Å². The molecule has 0 aliphatic carbocycles. The summed E-state index contributed by atoms with van der Waals surface area (Å²) in [6, 6.07) is 9.65. The number of rotatable bonds is 2. The van der Waals surface area contributed by atoms with Gasteiger partial charge in [0.2, 0.25) is 0 Å². The number of nitrogens with zero attached hydrogens (tertiary/aromatic N) is 5. The fourth-order valence-corrected chi connectivity index (χ4v) is 1.81. The fourth-order valence-electron chi connectivity index (χ4n) is 1.55. The number of hydrogen-bond donors (Lipinski definition) is 1. The maximum absolute atomic E-state index is 5.76. The summed E-state index contributed by atoms with van der Waals surface area (Å²) in [7, 11) is 0. The van der Waals surface area contributed by atoms with E-state index in [0.29, 0.717) is 17.3 Å². The second kappa shape index (κ2) is 4.92. The van der Waals surface area contributed by atoms with Crippen molar-refractivity contribution in [1.82, 2.24) is 25.0 Å². The number of hydrogen-bond acceptors (Lipinski definition) is 5. The Kier molecular flexibility index (Phi) is 3.11. The molecule has 3 aromatic rings. The minimum Gasteiger partial charge on any atom is -0.383 e. The largest absolute Gasteiger partial charge is 0.383 e. The summed E-state index contributed by atoms with van der Waals surface area (Å²) in [5, 5.41) is 8.54. The van der Waals surface area contributed by atoms with Gasteiger partial charge in [0, 0.05) is 6.20 Å². The highest BCUT2D eigenvalue weighted by atomic mass is 127. The maximum atomic E-state index is 5.76. The molecule has 0 saturated carbocycles. The monoisotopic (exact) mass is 364 g/mol. The van der Waals surface area contributed by atoms with Gasteiger partial charge < -0.3 is 5.73 Å². The molecule has 94 valence electrons. The highest BCUT2D eigenvalue weighted by Crippen LogP contribution is 2.16. The van der Waals surface area contributed by atoms with Crippen LogP contribution < -0.4 is 5.73 Å². The van der Waals surface area contributed by atoms with Crippen LogP contribution in [0.3, 0.4) is 0 Å². The number of aromatic nitrogens is 5. The van der Waals surface area contributed by atoms with E-state index in [4.69, 9.17) is 5.73 Å². The molecule has 2 aromatic heterocycles. The predicted octanol–water partition coefficient (Wildman–Crippen LogP) is 1.91. The van der Waals surface area contributed by atoms with Gasteiger partial charge in [-0.15, -0.1) is 5.10 Å².